The number of imidazole rings is 1. The normalized spacial score (nSPS) is 21.5. The summed E-state index contributed by atoms with van der Waals surface area (Å²) in [5, 5.41) is 14.7. The van der Waals surface area contributed by atoms with Crippen LogP contribution in [-0.4, -0.2) is 44.8 Å². The second-order valence-electron chi connectivity index (χ2n) is 11.8. The molecule has 2 N–H and O–H groups in total. The first-order chi connectivity index (χ1) is 20.0. The van der Waals surface area contributed by atoms with Gasteiger partial charge in [-0.05, 0) is 77.6 Å². The molecule has 42 heavy (non-hydrogen) atoms. The summed E-state index contributed by atoms with van der Waals surface area (Å²) in [6.07, 6.45) is 7.15. The lowest BCUT2D eigenvalue weighted by molar-refractivity contribution is -0.119. The van der Waals surface area contributed by atoms with Crippen molar-refractivity contribution in [2.75, 3.05) is 24.5 Å². The van der Waals surface area contributed by atoms with Crippen LogP contribution in [0.2, 0.25) is 5.02 Å². The van der Waals surface area contributed by atoms with Gasteiger partial charge < -0.3 is 19.9 Å². The number of rotatable bonds is 6. The van der Waals surface area contributed by atoms with Gasteiger partial charge in [0.25, 0.3) is 0 Å². The number of halogens is 2. The number of carbonyl (C=O) groups excluding carboxylic acids is 1. The largest absolute Gasteiger partial charge is 0.507 e. The minimum atomic E-state index is -0.500. The number of nitrogens with zero attached hydrogens (tertiary/aromatic N) is 4. The minimum Gasteiger partial charge on any atom is -0.507 e. The molecule has 0 radical (unpaired) electrons. The summed E-state index contributed by atoms with van der Waals surface area (Å²) in [5.41, 5.74) is 2.10. The Kier molecular flexibility index (Phi) is 7.09. The van der Waals surface area contributed by atoms with Crippen LogP contribution in [0.1, 0.15) is 26.7 Å². The van der Waals surface area contributed by atoms with E-state index in [9.17, 15) is 14.7 Å². The third kappa shape index (κ3) is 4.85. The second kappa shape index (κ2) is 10.6. The number of benzene rings is 2. The van der Waals surface area contributed by atoms with Crippen LogP contribution in [0, 0.1) is 23.1 Å². The standard InChI is InChI=1S/C32H33ClFN5O3/c1-19(40)36-18-32(2)22-5-6-23(32)17-38(16-22)29-13-21(8-9-35-29)26-15-24(34)14-25(30(26)41)20-4-7-28(27(33)12-20)39-11-10-37(3)31(39)42/h4,7-15,22-23,41H,5-6,16-18H2,1-3H3,(H,36,40). The maximum atomic E-state index is 15.0. The molecule has 2 aromatic carbocycles. The fourth-order valence-corrected chi connectivity index (χ4v) is 6.98. The fraction of sp³-hybridized carbons (Fsp3) is 0.344. The van der Waals surface area contributed by atoms with Crippen molar-refractivity contribution in [2.45, 2.75) is 26.7 Å². The molecular formula is C32H33ClFN5O3. The van der Waals surface area contributed by atoms with Crippen LogP contribution in [0.25, 0.3) is 27.9 Å². The number of fused-ring (bicyclic) bond motifs is 2. The van der Waals surface area contributed by atoms with Crippen molar-refractivity contribution in [3.05, 3.63) is 82.4 Å². The molecule has 8 nitrogen and oxygen atoms in total. The number of phenolic OH excluding ortho intramolecular Hbond substituents is 1. The Bertz CT molecular complexity index is 1730. The Labute approximate surface area is 248 Å². The first-order valence-corrected chi connectivity index (χ1v) is 14.5. The van der Waals surface area contributed by atoms with Crippen LogP contribution in [-0.2, 0) is 11.8 Å². The number of aryl methyl sites for hydroxylation is 1. The average Bonchev–Trinajstić information content (AvgIpc) is 3.33. The molecule has 1 saturated carbocycles. The molecule has 2 atom stereocenters. The van der Waals surface area contributed by atoms with Crippen LogP contribution in [0.4, 0.5) is 10.2 Å². The maximum absolute atomic E-state index is 15.0. The summed E-state index contributed by atoms with van der Waals surface area (Å²) in [7, 11) is 1.65. The van der Waals surface area contributed by atoms with Crippen LogP contribution in [0.15, 0.2) is 65.8 Å². The number of hydrogen-bond donors (Lipinski definition) is 2. The lowest BCUT2D eigenvalue weighted by atomic mass is 9.70. The Balaban J connectivity index is 1.30. The molecule has 218 valence electrons. The second-order valence-corrected chi connectivity index (χ2v) is 12.2. The molecule has 4 aromatic rings. The Hall–Kier alpha value is -4.11. The molecule has 2 bridgehead atoms. The SMILES string of the molecule is CC(=O)NCC1(C)C2CCC1CN(c1cc(-c3cc(F)cc(-c4ccc(-n5ccn(C)c5=O)c(Cl)c4)c3O)ccn1)C2. The van der Waals surface area contributed by atoms with Gasteiger partial charge in [0.15, 0.2) is 0 Å². The highest BCUT2D eigenvalue weighted by Gasteiger charge is 2.50. The summed E-state index contributed by atoms with van der Waals surface area (Å²) in [6, 6.07) is 11.3. The van der Waals surface area contributed by atoms with E-state index in [0.717, 1.165) is 31.7 Å². The number of anilines is 1. The summed E-state index contributed by atoms with van der Waals surface area (Å²) < 4.78 is 17.9. The third-order valence-corrected chi connectivity index (χ3v) is 9.55. The van der Waals surface area contributed by atoms with Crippen LogP contribution < -0.4 is 15.9 Å². The maximum Gasteiger partial charge on any atom is 0.332 e. The molecule has 10 heteroatoms. The smallest absolute Gasteiger partial charge is 0.332 e. The van der Waals surface area contributed by atoms with E-state index in [2.05, 4.69) is 22.1 Å². The molecule has 3 heterocycles. The number of piperidine rings is 1. The van der Waals surface area contributed by atoms with Crippen LogP contribution in [0.5, 0.6) is 5.75 Å². The van der Waals surface area contributed by atoms with Gasteiger partial charge in [0, 0.05) is 63.3 Å². The Morgan fingerprint density at radius 1 is 1.10 bits per heavy atom. The number of carbonyl (C=O) groups is 1. The van der Waals surface area contributed by atoms with Crippen LogP contribution >= 0.6 is 11.6 Å². The van der Waals surface area contributed by atoms with Crippen molar-refractivity contribution in [3.63, 3.8) is 0 Å². The summed E-state index contributed by atoms with van der Waals surface area (Å²) in [6.45, 7) is 6.14. The number of phenols is 1. The Morgan fingerprint density at radius 3 is 2.36 bits per heavy atom. The van der Waals surface area contributed by atoms with Gasteiger partial charge >= 0.3 is 5.69 Å². The molecule has 0 spiro atoms. The van der Waals surface area contributed by atoms with Gasteiger partial charge in [-0.1, -0.05) is 24.6 Å². The monoisotopic (exact) mass is 589 g/mol. The molecule has 1 aliphatic carbocycles. The number of aromatic nitrogens is 3. The summed E-state index contributed by atoms with van der Waals surface area (Å²) in [4.78, 5) is 30.9. The van der Waals surface area contributed by atoms with Gasteiger partial charge in [0.05, 0.1) is 10.7 Å². The lowest BCUT2D eigenvalue weighted by Gasteiger charge is -2.46. The van der Waals surface area contributed by atoms with E-state index >= 15 is 4.39 Å². The molecule has 1 amide bonds. The molecule has 1 saturated heterocycles. The zero-order valence-electron chi connectivity index (χ0n) is 23.8. The van der Waals surface area contributed by atoms with Gasteiger partial charge in [-0.25, -0.2) is 14.2 Å². The molecule has 2 fully saturated rings. The van der Waals surface area contributed by atoms with Crippen molar-refractivity contribution in [3.8, 4) is 33.7 Å². The van der Waals surface area contributed by atoms with E-state index in [1.165, 1.54) is 21.3 Å². The highest BCUT2D eigenvalue weighted by molar-refractivity contribution is 6.32. The molecule has 1 aliphatic heterocycles. The first-order valence-electron chi connectivity index (χ1n) is 14.1. The van der Waals surface area contributed by atoms with E-state index < -0.39 is 5.82 Å². The van der Waals surface area contributed by atoms with Gasteiger partial charge in [0.2, 0.25) is 5.91 Å². The molecule has 6 rings (SSSR count). The van der Waals surface area contributed by atoms with Gasteiger partial charge in [-0.3, -0.25) is 9.36 Å². The van der Waals surface area contributed by atoms with Crippen molar-refractivity contribution in [1.82, 2.24) is 19.4 Å². The summed E-state index contributed by atoms with van der Waals surface area (Å²) in [5.74, 6) is 1.03. The number of hydrogen-bond acceptors (Lipinski definition) is 5. The zero-order chi connectivity index (χ0) is 29.8. The number of nitrogens with one attached hydrogen (secondary N) is 1. The topological polar surface area (TPSA) is 92.4 Å². The van der Waals surface area contributed by atoms with Crippen molar-refractivity contribution in [1.29, 1.82) is 0 Å². The van der Waals surface area contributed by atoms with E-state index in [0.29, 0.717) is 51.3 Å². The highest BCUT2D eigenvalue weighted by atomic mass is 35.5. The van der Waals surface area contributed by atoms with E-state index in [1.807, 2.05) is 6.07 Å². The number of aromatic hydroxyl groups is 1. The van der Waals surface area contributed by atoms with Crippen LogP contribution in [0.3, 0.4) is 0 Å². The molecule has 2 aromatic heterocycles. The Morgan fingerprint density at radius 2 is 1.76 bits per heavy atom. The lowest BCUT2D eigenvalue weighted by Crippen LogP contribution is -2.52. The summed E-state index contributed by atoms with van der Waals surface area (Å²) >= 11 is 6.56. The van der Waals surface area contributed by atoms with Gasteiger partial charge in [-0.2, -0.15) is 0 Å². The number of pyridine rings is 1. The van der Waals surface area contributed by atoms with Crippen molar-refractivity contribution in [2.24, 2.45) is 24.3 Å². The zero-order valence-corrected chi connectivity index (χ0v) is 24.5. The van der Waals surface area contributed by atoms with Crippen molar-refractivity contribution < 1.29 is 14.3 Å². The number of amides is 1. The molecular weight excluding hydrogens is 557 g/mol. The fourth-order valence-electron chi connectivity index (χ4n) is 6.71. The molecule has 2 unspecified atom stereocenters. The predicted molar refractivity (Wildman–Crippen MR) is 162 cm³/mol. The highest BCUT2D eigenvalue weighted by Crippen LogP contribution is 2.51. The van der Waals surface area contributed by atoms with E-state index in [1.54, 1.807) is 56.8 Å². The first kappa shape index (κ1) is 28.0. The van der Waals surface area contributed by atoms with Gasteiger partial charge in [-0.15, -0.1) is 0 Å². The predicted octanol–water partition coefficient (Wildman–Crippen LogP) is 5.39. The molecule has 2 aliphatic rings. The quantitative estimate of drug-likeness (QED) is 0.315. The third-order valence-electron chi connectivity index (χ3n) is 9.25. The minimum absolute atomic E-state index is 0.00779. The average molecular weight is 590 g/mol. The van der Waals surface area contributed by atoms with Crippen molar-refractivity contribution >= 4 is 23.3 Å². The van der Waals surface area contributed by atoms with E-state index in [-0.39, 0.29) is 22.8 Å². The van der Waals surface area contributed by atoms with Gasteiger partial charge in [0.1, 0.15) is 17.4 Å². The van der Waals surface area contributed by atoms with E-state index in [4.69, 9.17) is 11.6 Å².